The lowest BCUT2D eigenvalue weighted by Gasteiger charge is -2.05. The molecule has 0 spiro atoms. The lowest BCUT2D eigenvalue weighted by molar-refractivity contribution is 0.824. The number of imidazole rings is 1. The lowest BCUT2D eigenvalue weighted by Crippen LogP contribution is -2.06. The Morgan fingerprint density at radius 1 is 1.32 bits per heavy atom. The van der Waals surface area contributed by atoms with Crippen LogP contribution in [-0.2, 0) is 0 Å². The van der Waals surface area contributed by atoms with Gasteiger partial charge in [0.2, 0.25) is 17.1 Å². The maximum atomic E-state index is 4.33. The van der Waals surface area contributed by atoms with E-state index < -0.39 is 0 Å². The smallest absolute Gasteiger partial charge is 0.240 e. The second-order valence-corrected chi connectivity index (χ2v) is 4.31. The van der Waals surface area contributed by atoms with Crippen LogP contribution in [0.1, 0.15) is 0 Å². The summed E-state index contributed by atoms with van der Waals surface area (Å²) in [4.78, 5) is 20.8. The minimum absolute atomic E-state index is 0.473. The molecule has 0 aliphatic heterocycles. The normalized spacial score (nSPS) is 10.6. The van der Waals surface area contributed by atoms with Crippen LogP contribution in [0.4, 0.5) is 5.95 Å². The van der Waals surface area contributed by atoms with Crippen LogP contribution in [0, 0.1) is 0 Å². The number of nitrogens with zero attached hydrogens (tertiary/aromatic N) is 7. The van der Waals surface area contributed by atoms with E-state index in [4.69, 9.17) is 0 Å². The van der Waals surface area contributed by atoms with Crippen molar-refractivity contribution < 1.29 is 0 Å². The maximum absolute atomic E-state index is 4.33. The summed E-state index contributed by atoms with van der Waals surface area (Å²) in [5.41, 5.74) is 0. The highest BCUT2D eigenvalue weighted by atomic mass is 32.2. The molecule has 10 heteroatoms. The van der Waals surface area contributed by atoms with Crippen LogP contribution in [0.25, 0.3) is 5.95 Å². The van der Waals surface area contributed by atoms with Crippen LogP contribution < -0.4 is 5.32 Å². The van der Waals surface area contributed by atoms with Crippen LogP contribution in [0.2, 0.25) is 0 Å². The molecule has 3 aromatic heterocycles. The number of hydrogen-bond acceptors (Lipinski definition) is 8. The van der Waals surface area contributed by atoms with Crippen LogP contribution in [0.5, 0.6) is 0 Å². The summed E-state index contributed by atoms with van der Waals surface area (Å²) < 4.78 is 1.70. The highest BCUT2D eigenvalue weighted by Crippen LogP contribution is 2.21. The fraction of sp³-hybridized carbons (Fsp3) is 0.111. The average Bonchev–Trinajstić information content (AvgIpc) is 3.11. The van der Waals surface area contributed by atoms with Crippen molar-refractivity contribution >= 4 is 17.7 Å². The fourth-order valence-electron chi connectivity index (χ4n) is 1.33. The van der Waals surface area contributed by atoms with Crippen molar-refractivity contribution in [3.8, 4) is 5.95 Å². The Kier molecular flexibility index (Phi) is 3.06. The van der Waals surface area contributed by atoms with Gasteiger partial charge < -0.3 is 5.32 Å². The van der Waals surface area contributed by atoms with E-state index in [1.165, 1.54) is 18.1 Å². The number of anilines is 1. The van der Waals surface area contributed by atoms with E-state index in [2.05, 4.69) is 40.4 Å². The van der Waals surface area contributed by atoms with Gasteiger partial charge in [-0.25, -0.2) is 9.97 Å². The molecule has 0 fully saturated rings. The molecule has 96 valence electrons. The molecule has 3 rings (SSSR count). The van der Waals surface area contributed by atoms with E-state index in [1.807, 2.05) is 0 Å². The van der Waals surface area contributed by atoms with Gasteiger partial charge in [-0.3, -0.25) is 9.67 Å². The molecule has 0 unspecified atom stereocenters. The Morgan fingerprint density at radius 3 is 2.95 bits per heavy atom. The number of rotatable bonds is 4. The molecule has 0 atom stereocenters. The number of aromatic amines is 1. The third kappa shape index (κ3) is 2.52. The molecule has 3 aromatic rings. The van der Waals surface area contributed by atoms with Crippen LogP contribution in [-0.4, -0.2) is 46.7 Å². The Morgan fingerprint density at radius 2 is 2.26 bits per heavy atom. The molecule has 0 radical (unpaired) electrons. The SMILES string of the molecule is CNc1nc(Sc2ncn[nH]2)nc(-n2ccnc2)n1. The van der Waals surface area contributed by atoms with Gasteiger partial charge >= 0.3 is 0 Å². The van der Waals surface area contributed by atoms with Crippen LogP contribution in [0.3, 0.4) is 0 Å². The summed E-state index contributed by atoms with van der Waals surface area (Å²) in [6, 6.07) is 0. The largest absolute Gasteiger partial charge is 0.357 e. The number of hydrogen-bond donors (Lipinski definition) is 2. The second kappa shape index (κ2) is 5.02. The van der Waals surface area contributed by atoms with E-state index in [9.17, 15) is 0 Å². The predicted octanol–water partition coefficient (Wildman–Crippen LogP) is 0.368. The van der Waals surface area contributed by atoms with E-state index in [-0.39, 0.29) is 0 Å². The minimum atomic E-state index is 0.473. The molecule has 9 nitrogen and oxygen atoms in total. The monoisotopic (exact) mass is 275 g/mol. The van der Waals surface area contributed by atoms with Gasteiger partial charge in [-0.15, -0.1) is 0 Å². The molecule has 0 aliphatic carbocycles. The van der Waals surface area contributed by atoms with Gasteiger partial charge in [0.05, 0.1) is 0 Å². The van der Waals surface area contributed by atoms with E-state index in [0.717, 1.165) is 0 Å². The molecule has 0 saturated heterocycles. The molecule has 0 saturated carbocycles. The Hall–Kier alpha value is -2.49. The number of H-pyrrole nitrogens is 1. The van der Waals surface area contributed by atoms with Gasteiger partial charge in [0.1, 0.15) is 12.7 Å². The summed E-state index contributed by atoms with van der Waals surface area (Å²) in [5, 5.41) is 10.5. The topological polar surface area (TPSA) is 110 Å². The zero-order chi connectivity index (χ0) is 13.1. The molecule has 2 N–H and O–H groups in total. The zero-order valence-corrected chi connectivity index (χ0v) is 10.7. The molecular weight excluding hydrogens is 266 g/mol. The quantitative estimate of drug-likeness (QED) is 0.702. The van der Waals surface area contributed by atoms with Crippen molar-refractivity contribution in [2.24, 2.45) is 0 Å². The average molecular weight is 275 g/mol. The van der Waals surface area contributed by atoms with Crippen molar-refractivity contribution in [3.05, 3.63) is 25.0 Å². The first-order valence-electron chi connectivity index (χ1n) is 5.30. The number of aromatic nitrogens is 8. The molecule has 3 heterocycles. The minimum Gasteiger partial charge on any atom is -0.357 e. The third-order valence-corrected chi connectivity index (χ3v) is 2.90. The van der Waals surface area contributed by atoms with Crippen molar-refractivity contribution in [2.75, 3.05) is 12.4 Å². The van der Waals surface area contributed by atoms with Gasteiger partial charge in [-0.1, -0.05) is 0 Å². The standard InChI is InChI=1S/C9H9N9S/c1-10-6-14-7(18-3-2-11-5-18)16-9(15-6)19-8-12-4-13-17-8/h2-5H,1H3,(H,12,13,17)(H,10,14,15,16). The van der Waals surface area contributed by atoms with E-state index in [1.54, 1.807) is 30.3 Å². The Bertz CT molecular complexity index is 648. The van der Waals surface area contributed by atoms with Gasteiger partial charge in [0.15, 0.2) is 5.16 Å². The molecule has 0 amide bonds. The Labute approximate surface area is 111 Å². The van der Waals surface area contributed by atoms with Gasteiger partial charge in [0, 0.05) is 19.4 Å². The molecule has 19 heavy (non-hydrogen) atoms. The zero-order valence-electron chi connectivity index (χ0n) is 9.85. The van der Waals surface area contributed by atoms with Crippen molar-refractivity contribution in [2.45, 2.75) is 10.3 Å². The first-order valence-corrected chi connectivity index (χ1v) is 6.12. The van der Waals surface area contributed by atoms with Crippen LogP contribution >= 0.6 is 11.8 Å². The highest BCUT2D eigenvalue weighted by molar-refractivity contribution is 7.99. The first-order chi connectivity index (χ1) is 9.35. The van der Waals surface area contributed by atoms with E-state index >= 15 is 0 Å². The van der Waals surface area contributed by atoms with Gasteiger partial charge in [0.25, 0.3) is 0 Å². The maximum Gasteiger partial charge on any atom is 0.240 e. The van der Waals surface area contributed by atoms with E-state index in [0.29, 0.717) is 22.2 Å². The summed E-state index contributed by atoms with van der Waals surface area (Å²) >= 11 is 1.27. The summed E-state index contributed by atoms with van der Waals surface area (Å²) in [6.45, 7) is 0. The summed E-state index contributed by atoms with van der Waals surface area (Å²) in [7, 11) is 1.75. The summed E-state index contributed by atoms with van der Waals surface area (Å²) in [5.74, 6) is 0.958. The van der Waals surface area contributed by atoms with Crippen LogP contribution in [0.15, 0.2) is 35.4 Å². The molecule has 0 bridgehead atoms. The van der Waals surface area contributed by atoms with Crippen molar-refractivity contribution in [1.29, 1.82) is 0 Å². The predicted molar refractivity (Wildman–Crippen MR) is 67.0 cm³/mol. The highest BCUT2D eigenvalue weighted by Gasteiger charge is 2.09. The second-order valence-electron chi connectivity index (χ2n) is 3.35. The van der Waals surface area contributed by atoms with Crippen molar-refractivity contribution in [3.63, 3.8) is 0 Å². The van der Waals surface area contributed by atoms with Gasteiger partial charge in [-0.05, 0) is 11.8 Å². The molecule has 0 aromatic carbocycles. The first kappa shape index (κ1) is 11.6. The fourth-order valence-corrected chi connectivity index (χ4v) is 1.96. The molecular formula is C9H9N9S. The molecule has 0 aliphatic rings. The lowest BCUT2D eigenvalue weighted by atomic mass is 10.8. The number of nitrogens with one attached hydrogen (secondary N) is 2. The third-order valence-electron chi connectivity index (χ3n) is 2.14. The summed E-state index contributed by atoms with van der Waals surface area (Å²) in [6.07, 6.45) is 6.47. The van der Waals surface area contributed by atoms with Gasteiger partial charge in [-0.2, -0.15) is 20.1 Å². The van der Waals surface area contributed by atoms with Crippen molar-refractivity contribution in [1.82, 2.24) is 39.7 Å². The Balaban J connectivity index is 1.98.